The van der Waals surface area contributed by atoms with E-state index in [2.05, 4.69) is 0 Å². The molecule has 0 spiro atoms. The van der Waals surface area contributed by atoms with Crippen LogP contribution in [0, 0.1) is 17.2 Å². The summed E-state index contributed by atoms with van der Waals surface area (Å²) in [5.41, 5.74) is 0. The summed E-state index contributed by atoms with van der Waals surface area (Å²) in [5, 5.41) is 8.30. The predicted molar refractivity (Wildman–Crippen MR) is 31.2 cm³/mol. The van der Waals surface area contributed by atoms with Crippen LogP contribution in [0.3, 0.4) is 0 Å². The molecule has 1 atom stereocenters. The van der Waals surface area contributed by atoms with Gasteiger partial charge in [-0.05, 0) is 6.42 Å². The zero-order chi connectivity index (χ0) is 5.98. The molecular weight excluding hydrogens is 122 g/mol. The van der Waals surface area contributed by atoms with E-state index in [0.717, 1.165) is 12.2 Å². The lowest BCUT2D eigenvalue weighted by atomic mass is 10.1. The third-order valence-corrected chi connectivity index (χ3v) is 2.10. The third-order valence-electron chi connectivity index (χ3n) is 1.09. The third kappa shape index (κ3) is 0.846. The number of hydrogen-bond acceptors (Lipinski definition) is 3. The van der Waals surface area contributed by atoms with Crippen LogP contribution in [0.4, 0.5) is 0 Å². The second-order valence-electron chi connectivity index (χ2n) is 1.64. The maximum absolute atomic E-state index is 10.5. The average molecular weight is 127 g/mol. The maximum Gasteiger partial charge on any atom is 0.206 e. The van der Waals surface area contributed by atoms with Gasteiger partial charge < -0.3 is 0 Å². The van der Waals surface area contributed by atoms with Crippen molar-refractivity contribution in [1.82, 2.24) is 0 Å². The van der Waals surface area contributed by atoms with E-state index in [1.807, 2.05) is 6.07 Å². The topological polar surface area (TPSA) is 40.9 Å². The average Bonchev–Trinajstić information content (AvgIpc) is 2.14. The minimum Gasteiger partial charge on any atom is -0.286 e. The van der Waals surface area contributed by atoms with Crippen LogP contribution in [0.1, 0.15) is 6.42 Å². The number of carbonyl (C=O) groups excluding carboxylic acids is 1. The van der Waals surface area contributed by atoms with Gasteiger partial charge in [0, 0.05) is 5.75 Å². The molecule has 1 rings (SSSR count). The Kier molecular flexibility index (Phi) is 1.54. The molecular formula is C5H5NOS. The van der Waals surface area contributed by atoms with Gasteiger partial charge in [0.15, 0.2) is 0 Å². The Morgan fingerprint density at radius 1 is 1.88 bits per heavy atom. The Labute approximate surface area is 51.9 Å². The molecule has 0 aromatic heterocycles. The molecule has 1 aliphatic heterocycles. The van der Waals surface area contributed by atoms with Crippen molar-refractivity contribution in [3.8, 4) is 6.07 Å². The maximum atomic E-state index is 10.5. The smallest absolute Gasteiger partial charge is 0.206 e. The van der Waals surface area contributed by atoms with Crippen molar-refractivity contribution in [2.45, 2.75) is 6.42 Å². The Morgan fingerprint density at radius 3 is 2.88 bits per heavy atom. The molecule has 0 aliphatic carbocycles. The molecule has 42 valence electrons. The van der Waals surface area contributed by atoms with Crippen LogP contribution < -0.4 is 0 Å². The summed E-state index contributed by atoms with van der Waals surface area (Å²) in [6.45, 7) is 0. The molecule has 0 unspecified atom stereocenters. The standard InChI is InChI=1S/C5H5NOS/c6-3-4-1-2-8-5(4)7/h4H,1-2H2/t4-/m1/s1. The van der Waals surface area contributed by atoms with E-state index in [0.29, 0.717) is 0 Å². The zero-order valence-electron chi connectivity index (χ0n) is 4.26. The van der Waals surface area contributed by atoms with Gasteiger partial charge in [-0.25, -0.2) is 0 Å². The first-order valence-electron chi connectivity index (χ1n) is 2.41. The molecule has 0 bridgehead atoms. The molecule has 2 nitrogen and oxygen atoms in total. The van der Waals surface area contributed by atoms with Crippen LogP contribution in [-0.4, -0.2) is 10.9 Å². The fraction of sp³-hybridized carbons (Fsp3) is 0.600. The molecule has 3 heteroatoms. The molecule has 0 amide bonds. The SMILES string of the molecule is N#C[C@H]1CCSC1=O. The monoisotopic (exact) mass is 127 g/mol. The van der Waals surface area contributed by atoms with Gasteiger partial charge in [0.25, 0.3) is 0 Å². The van der Waals surface area contributed by atoms with Gasteiger partial charge in [-0.2, -0.15) is 5.26 Å². The number of nitrogens with zero attached hydrogens (tertiary/aromatic N) is 1. The van der Waals surface area contributed by atoms with E-state index in [-0.39, 0.29) is 11.0 Å². The van der Waals surface area contributed by atoms with Crippen LogP contribution in [0.15, 0.2) is 0 Å². The van der Waals surface area contributed by atoms with Crippen molar-refractivity contribution in [1.29, 1.82) is 5.26 Å². The summed E-state index contributed by atoms with van der Waals surface area (Å²) in [6.07, 6.45) is 0.750. The van der Waals surface area contributed by atoms with Gasteiger partial charge in [-0.3, -0.25) is 4.79 Å². The molecule has 8 heavy (non-hydrogen) atoms. The number of rotatable bonds is 0. The number of carbonyl (C=O) groups is 1. The molecule has 1 fully saturated rings. The summed E-state index contributed by atoms with van der Waals surface area (Å²) in [4.78, 5) is 10.5. The minimum absolute atomic E-state index is 0.0486. The second kappa shape index (κ2) is 2.19. The zero-order valence-corrected chi connectivity index (χ0v) is 5.07. The highest BCUT2D eigenvalue weighted by molar-refractivity contribution is 8.14. The molecule has 1 heterocycles. The van der Waals surface area contributed by atoms with E-state index in [1.165, 1.54) is 11.8 Å². The second-order valence-corrected chi connectivity index (χ2v) is 2.74. The van der Waals surface area contributed by atoms with Crippen molar-refractivity contribution >= 4 is 16.9 Å². The Hall–Kier alpha value is -0.490. The van der Waals surface area contributed by atoms with Gasteiger partial charge in [-0.15, -0.1) is 0 Å². The molecule has 1 aliphatic rings. The van der Waals surface area contributed by atoms with Gasteiger partial charge in [-0.1, -0.05) is 11.8 Å². The largest absolute Gasteiger partial charge is 0.286 e. The van der Waals surface area contributed by atoms with Crippen molar-refractivity contribution in [3.05, 3.63) is 0 Å². The van der Waals surface area contributed by atoms with Gasteiger partial charge in [0.05, 0.1) is 6.07 Å². The van der Waals surface area contributed by atoms with Crippen molar-refractivity contribution in [2.75, 3.05) is 5.75 Å². The van der Waals surface area contributed by atoms with Crippen molar-refractivity contribution in [2.24, 2.45) is 5.92 Å². The van der Waals surface area contributed by atoms with Gasteiger partial charge >= 0.3 is 0 Å². The minimum atomic E-state index is -0.306. The number of thioether (sulfide) groups is 1. The van der Waals surface area contributed by atoms with E-state index in [4.69, 9.17) is 5.26 Å². The van der Waals surface area contributed by atoms with E-state index in [9.17, 15) is 4.79 Å². The summed E-state index contributed by atoms with van der Waals surface area (Å²) >= 11 is 1.27. The summed E-state index contributed by atoms with van der Waals surface area (Å²) < 4.78 is 0. The number of nitriles is 1. The summed E-state index contributed by atoms with van der Waals surface area (Å²) in [5.74, 6) is 0.525. The van der Waals surface area contributed by atoms with Gasteiger partial charge in [0.1, 0.15) is 5.92 Å². The molecule has 0 aromatic carbocycles. The van der Waals surface area contributed by atoms with Crippen LogP contribution in [0.5, 0.6) is 0 Å². The van der Waals surface area contributed by atoms with Gasteiger partial charge in [0.2, 0.25) is 5.12 Å². The fourth-order valence-electron chi connectivity index (χ4n) is 0.613. The normalized spacial score (nSPS) is 27.9. The quantitative estimate of drug-likeness (QED) is 0.483. The van der Waals surface area contributed by atoms with Crippen LogP contribution in [-0.2, 0) is 4.79 Å². The first-order valence-corrected chi connectivity index (χ1v) is 3.39. The van der Waals surface area contributed by atoms with E-state index < -0.39 is 0 Å². The van der Waals surface area contributed by atoms with Crippen molar-refractivity contribution in [3.63, 3.8) is 0 Å². The van der Waals surface area contributed by atoms with Crippen LogP contribution >= 0.6 is 11.8 Å². The fourth-order valence-corrected chi connectivity index (χ4v) is 1.54. The highest BCUT2D eigenvalue weighted by Gasteiger charge is 2.24. The lowest BCUT2D eigenvalue weighted by Crippen LogP contribution is -1.98. The lowest BCUT2D eigenvalue weighted by molar-refractivity contribution is -0.112. The lowest BCUT2D eigenvalue weighted by Gasteiger charge is -1.86. The Balaban J connectivity index is 2.58. The Bertz CT molecular complexity index is 149. The first-order chi connectivity index (χ1) is 3.84. The highest BCUT2D eigenvalue weighted by atomic mass is 32.2. The van der Waals surface area contributed by atoms with Crippen LogP contribution in [0.2, 0.25) is 0 Å². The predicted octanol–water partition coefficient (Wildman–Crippen LogP) is 0.790. The number of hydrogen-bond donors (Lipinski definition) is 0. The molecule has 0 N–H and O–H groups in total. The Morgan fingerprint density at radius 2 is 2.62 bits per heavy atom. The molecule has 0 radical (unpaired) electrons. The highest BCUT2D eigenvalue weighted by Crippen LogP contribution is 2.24. The molecule has 1 saturated heterocycles. The van der Waals surface area contributed by atoms with Crippen LogP contribution in [0.25, 0.3) is 0 Å². The van der Waals surface area contributed by atoms with E-state index >= 15 is 0 Å². The van der Waals surface area contributed by atoms with E-state index in [1.54, 1.807) is 0 Å². The summed E-state index contributed by atoms with van der Waals surface area (Å²) in [6, 6.07) is 1.94. The summed E-state index contributed by atoms with van der Waals surface area (Å²) in [7, 11) is 0. The first kappa shape index (κ1) is 5.64. The molecule has 0 saturated carbocycles. The van der Waals surface area contributed by atoms with Crippen molar-refractivity contribution < 1.29 is 4.79 Å². The molecule has 0 aromatic rings.